The summed E-state index contributed by atoms with van der Waals surface area (Å²) >= 11 is 0. The zero-order valence-electron chi connectivity index (χ0n) is 15.7. The van der Waals surface area contributed by atoms with Crippen LogP contribution in [-0.2, 0) is 10.0 Å². The molecular weight excluding hydrogens is 365 g/mol. The van der Waals surface area contributed by atoms with Gasteiger partial charge in [0, 0.05) is 23.7 Å². The molecule has 0 bridgehead atoms. The number of fused-ring (bicyclic) bond motifs is 1. The topological polar surface area (TPSA) is 104 Å². The molecule has 0 saturated heterocycles. The molecular formula is C18H26BN3O4S. The molecule has 0 radical (unpaired) electrons. The third-order valence-corrected chi connectivity index (χ3v) is 6.48. The molecule has 9 heteroatoms. The Morgan fingerprint density at radius 3 is 2.93 bits per heavy atom. The SMILES string of the molecule is C=C(c1c(OB(C)O)cnc2[nH]ccc12)C1CC(CS(=O)(=O)NCCC)C1. The van der Waals surface area contributed by atoms with Crippen molar-refractivity contribution in [2.24, 2.45) is 11.8 Å². The van der Waals surface area contributed by atoms with Crippen molar-refractivity contribution in [1.82, 2.24) is 14.7 Å². The van der Waals surface area contributed by atoms with E-state index in [4.69, 9.17) is 4.65 Å². The molecule has 0 spiro atoms. The third kappa shape index (κ3) is 4.53. The normalized spacial score (nSPS) is 19.7. The van der Waals surface area contributed by atoms with E-state index in [-0.39, 0.29) is 17.6 Å². The second-order valence-corrected chi connectivity index (χ2v) is 9.04. The summed E-state index contributed by atoms with van der Waals surface area (Å²) in [6.45, 7) is 8.22. The minimum absolute atomic E-state index is 0.130. The smallest absolute Gasteiger partial charge is 0.519 e. The number of nitrogens with one attached hydrogen (secondary N) is 2. The zero-order chi connectivity index (χ0) is 19.6. The fourth-order valence-corrected chi connectivity index (χ4v) is 5.11. The minimum Gasteiger partial charge on any atom is -0.535 e. The van der Waals surface area contributed by atoms with E-state index >= 15 is 0 Å². The zero-order valence-corrected chi connectivity index (χ0v) is 16.6. The van der Waals surface area contributed by atoms with Crippen LogP contribution in [0.2, 0.25) is 6.82 Å². The number of aromatic nitrogens is 2. The number of hydrogen-bond acceptors (Lipinski definition) is 5. The standard InChI is InChI=1S/C18H26BN3O4S/c1-4-6-22-27(24,25)11-13-8-14(9-13)12(2)17-15-5-7-20-18(15)21-10-16(17)26-19(3)23/h5,7,10,13-14,22-23H,2,4,6,8-9,11H2,1,3H3,(H,20,21). The minimum atomic E-state index is -3.22. The number of rotatable bonds is 9. The van der Waals surface area contributed by atoms with Gasteiger partial charge >= 0.3 is 7.12 Å². The predicted molar refractivity (Wildman–Crippen MR) is 108 cm³/mol. The van der Waals surface area contributed by atoms with Crippen LogP contribution in [0.3, 0.4) is 0 Å². The first-order valence-electron chi connectivity index (χ1n) is 9.28. The lowest BCUT2D eigenvalue weighted by Crippen LogP contribution is -2.36. The van der Waals surface area contributed by atoms with Crippen LogP contribution >= 0.6 is 0 Å². The third-order valence-electron chi connectivity index (χ3n) is 4.93. The quantitative estimate of drug-likeness (QED) is 0.570. The van der Waals surface area contributed by atoms with Gasteiger partial charge in [-0.25, -0.2) is 18.1 Å². The Labute approximate surface area is 160 Å². The highest BCUT2D eigenvalue weighted by Gasteiger charge is 2.35. The van der Waals surface area contributed by atoms with Gasteiger partial charge < -0.3 is 14.7 Å². The van der Waals surface area contributed by atoms with Crippen molar-refractivity contribution in [2.75, 3.05) is 12.3 Å². The summed E-state index contributed by atoms with van der Waals surface area (Å²) in [5.74, 6) is 0.964. The summed E-state index contributed by atoms with van der Waals surface area (Å²) in [5.41, 5.74) is 2.46. The van der Waals surface area contributed by atoms with Crippen molar-refractivity contribution in [3.63, 3.8) is 0 Å². The molecule has 1 saturated carbocycles. The lowest BCUT2D eigenvalue weighted by Gasteiger charge is -2.37. The lowest BCUT2D eigenvalue weighted by atomic mass is 9.70. The molecule has 0 atom stereocenters. The van der Waals surface area contributed by atoms with Gasteiger partial charge in [-0.15, -0.1) is 0 Å². The van der Waals surface area contributed by atoms with Gasteiger partial charge in [0.15, 0.2) is 0 Å². The molecule has 0 amide bonds. The molecule has 146 valence electrons. The Morgan fingerprint density at radius 2 is 2.26 bits per heavy atom. The molecule has 1 aliphatic rings. The maximum Gasteiger partial charge on any atom is 0.519 e. The maximum absolute atomic E-state index is 12.1. The number of nitrogens with zero attached hydrogens (tertiary/aromatic N) is 1. The van der Waals surface area contributed by atoms with Crippen molar-refractivity contribution in [2.45, 2.75) is 33.0 Å². The van der Waals surface area contributed by atoms with Crippen molar-refractivity contribution in [3.8, 4) is 5.75 Å². The van der Waals surface area contributed by atoms with Crippen molar-refractivity contribution in [3.05, 3.63) is 30.6 Å². The van der Waals surface area contributed by atoms with Crippen LogP contribution in [0.1, 0.15) is 31.7 Å². The first-order chi connectivity index (χ1) is 12.8. The molecule has 3 N–H and O–H groups in total. The van der Waals surface area contributed by atoms with E-state index in [1.54, 1.807) is 19.2 Å². The summed E-state index contributed by atoms with van der Waals surface area (Å²) in [6, 6.07) is 1.91. The molecule has 2 aromatic heterocycles. The first kappa shape index (κ1) is 19.9. The molecule has 3 rings (SSSR count). The number of allylic oxidation sites excluding steroid dienone is 1. The number of aromatic amines is 1. The van der Waals surface area contributed by atoms with Crippen LogP contribution in [0.25, 0.3) is 16.6 Å². The monoisotopic (exact) mass is 391 g/mol. The molecule has 7 nitrogen and oxygen atoms in total. The Balaban J connectivity index is 1.73. The number of pyridine rings is 1. The first-order valence-corrected chi connectivity index (χ1v) is 10.9. The average Bonchev–Trinajstić information content (AvgIpc) is 3.03. The van der Waals surface area contributed by atoms with Gasteiger partial charge in [0.2, 0.25) is 10.0 Å². The Hall–Kier alpha value is -1.84. The van der Waals surface area contributed by atoms with Gasteiger partial charge in [0.25, 0.3) is 0 Å². The predicted octanol–water partition coefficient (Wildman–Crippen LogP) is 2.42. The number of H-pyrrole nitrogens is 1. The molecule has 2 heterocycles. The van der Waals surface area contributed by atoms with E-state index in [2.05, 4.69) is 21.3 Å². The van der Waals surface area contributed by atoms with E-state index in [0.29, 0.717) is 12.3 Å². The van der Waals surface area contributed by atoms with Crippen molar-refractivity contribution in [1.29, 1.82) is 0 Å². The number of sulfonamides is 1. The van der Waals surface area contributed by atoms with Gasteiger partial charge in [0.1, 0.15) is 11.4 Å². The van der Waals surface area contributed by atoms with Crippen LogP contribution in [0.4, 0.5) is 0 Å². The van der Waals surface area contributed by atoms with Crippen LogP contribution in [0, 0.1) is 11.8 Å². The van der Waals surface area contributed by atoms with Crippen LogP contribution < -0.4 is 9.38 Å². The summed E-state index contributed by atoms with van der Waals surface area (Å²) in [6.07, 6.45) is 5.71. The molecule has 0 aliphatic heterocycles. The fraction of sp³-hybridized carbons (Fsp3) is 0.500. The van der Waals surface area contributed by atoms with Crippen LogP contribution in [0.15, 0.2) is 25.0 Å². The summed E-state index contributed by atoms with van der Waals surface area (Å²) in [4.78, 5) is 7.38. The van der Waals surface area contributed by atoms with E-state index in [0.717, 1.165) is 41.4 Å². The lowest BCUT2D eigenvalue weighted by molar-refractivity contribution is 0.273. The van der Waals surface area contributed by atoms with E-state index in [9.17, 15) is 13.4 Å². The second-order valence-electron chi connectivity index (χ2n) is 7.19. The summed E-state index contributed by atoms with van der Waals surface area (Å²) in [7, 11) is -4.18. The molecule has 0 aromatic carbocycles. The van der Waals surface area contributed by atoms with E-state index < -0.39 is 17.1 Å². The van der Waals surface area contributed by atoms with Crippen LogP contribution in [0.5, 0.6) is 5.75 Å². The van der Waals surface area contributed by atoms with Gasteiger partial charge in [-0.2, -0.15) is 0 Å². The summed E-state index contributed by atoms with van der Waals surface area (Å²) < 4.78 is 32.3. The maximum atomic E-state index is 12.1. The highest BCUT2D eigenvalue weighted by atomic mass is 32.2. The van der Waals surface area contributed by atoms with Gasteiger partial charge in [-0.3, -0.25) is 0 Å². The average molecular weight is 391 g/mol. The molecule has 1 aliphatic carbocycles. The van der Waals surface area contributed by atoms with Crippen LogP contribution in [-0.4, -0.2) is 42.8 Å². The fourth-order valence-electron chi connectivity index (χ4n) is 3.58. The summed E-state index contributed by atoms with van der Waals surface area (Å²) in [5, 5.41) is 10.5. The van der Waals surface area contributed by atoms with Crippen molar-refractivity contribution < 1.29 is 18.1 Å². The van der Waals surface area contributed by atoms with Gasteiger partial charge in [0.05, 0.1) is 11.9 Å². The molecule has 27 heavy (non-hydrogen) atoms. The Bertz CT molecular complexity index is 920. The van der Waals surface area contributed by atoms with Gasteiger partial charge in [-0.1, -0.05) is 13.5 Å². The molecule has 1 fully saturated rings. The Morgan fingerprint density at radius 1 is 1.52 bits per heavy atom. The number of hydrogen-bond donors (Lipinski definition) is 3. The van der Waals surface area contributed by atoms with E-state index in [1.165, 1.54) is 0 Å². The highest BCUT2D eigenvalue weighted by molar-refractivity contribution is 7.89. The molecule has 0 unspecified atom stereocenters. The molecule has 2 aromatic rings. The Kier molecular flexibility index (Phi) is 5.93. The second kappa shape index (κ2) is 8.04. The van der Waals surface area contributed by atoms with Crippen molar-refractivity contribution >= 4 is 33.7 Å². The highest BCUT2D eigenvalue weighted by Crippen LogP contribution is 2.46. The van der Waals surface area contributed by atoms with E-state index in [1.807, 2.05) is 13.0 Å². The largest absolute Gasteiger partial charge is 0.535 e. The van der Waals surface area contributed by atoms with Gasteiger partial charge in [-0.05, 0) is 49.6 Å².